The second kappa shape index (κ2) is 12.8. The van der Waals surface area contributed by atoms with E-state index in [9.17, 15) is 5.11 Å². The van der Waals surface area contributed by atoms with Crippen LogP contribution in [0.3, 0.4) is 0 Å². The van der Waals surface area contributed by atoms with Crippen LogP contribution in [0.1, 0.15) is 11.1 Å². The summed E-state index contributed by atoms with van der Waals surface area (Å²) >= 11 is 0. The Morgan fingerprint density at radius 3 is 2.02 bits per heavy atom. The normalized spacial score (nSPS) is 11.8. The number of phenolic OH excluding ortho intramolecular Hbond substituents is 1. The number of hydrogen-bond acceptors (Lipinski definition) is 4. The van der Waals surface area contributed by atoms with Crippen molar-refractivity contribution in [2.24, 2.45) is 0 Å². The molecule has 3 heterocycles. The van der Waals surface area contributed by atoms with Gasteiger partial charge in [-0.3, -0.25) is 0 Å². The Morgan fingerprint density at radius 2 is 1.27 bits per heavy atom. The zero-order valence-corrected chi connectivity index (χ0v) is 28.6. The Bertz CT molecular complexity index is 2410. The Labute approximate surface area is 298 Å². The third-order valence-electron chi connectivity index (χ3n) is 9.27. The predicted octanol–water partition coefficient (Wildman–Crippen LogP) is 9.75. The van der Waals surface area contributed by atoms with Gasteiger partial charge in [0, 0.05) is 44.0 Å². The van der Waals surface area contributed by atoms with Crippen LogP contribution in [0.25, 0.3) is 72.7 Å². The van der Waals surface area contributed by atoms with Crippen LogP contribution in [0.2, 0.25) is 0 Å². The molecule has 238 valence electrons. The second-order valence-electron chi connectivity index (χ2n) is 12.1. The van der Waals surface area contributed by atoms with Gasteiger partial charge >= 0.3 is 0 Å². The molecule has 0 amide bonds. The van der Waals surface area contributed by atoms with Crippen LogP contribution in [0.15, 0.2) is 146 Å². The van der Waals surface area contributed by atoms with E-state index in [0.29, 0.717) is 0 Å². The molecule has 1 aliphatic rings. The molecule has 0 atom stereocenters. The molecule has 6 heteroatoms. The van der Waals surface area contributed by atoms with E-state index in [1.165, 1.54) is 0 Å². The number of fused-ring (bicyclic) bond motifs is 4. The zero-order chi connectivity index (χ0) is 32.0. The summed E-state index contributed by atoms with van der Waals surface area (Å²) in [6, 6.07) is 45.6. The van der Waals surface area contributed by atoms with E-state index in [4.69, 9.17) is 9.97 Å². The van der Waals surface area contributed by atoms with Crippen molar-refractivity contribution in [2.75, 3.05) is 0 Å². The summed E-state index contributed by atoms with van der Waals surface area (Å²) in [4.78, 5) is 14.9. The fraction of sp³-hybridized carbons (Fsp3) is 0.0465. The number of benzene rings is 5. The first-order chi connectivity index (χ1) is 23.7. The van der Waals surface area contributed by atoms with Crippen molar-refractivity contribution in [2.45, 2.75) is 12.8 Å². The maximum absolute atomic E-state index is 10.9. The second-order valence-corrected chi connectivity index (χ2v) is 12.1. The fourth-order valence-corrected chi connectivity index (χ4v) is 6.99. The molecule has 1 aliphatic carbocycles. The van der Waals surface area contributed by atoms with Gasteiger partial charge < -0.3 is 14.7 Å². The van der Waals surface area contributed by atoms with Crippen molar-refractivity contribution in [1.82, 2.24) is 19.5 Å². The quantitative estimate of drug-likeness (QED) is 0.176. The number of para-hydroxylation sites is 1. The Morgan fingerprint density at radius 1 is 0.592 bits per heavy atom. The van der Waals surface area contributed by atoms with Gasteiger partial charge in [0.05, 0.1) is 17.1 Å². The first-order valence-corrected chi connectivity index (χ1v) is 16.1. The molecule has 5 nitrogen and oxygen atoms in total. The molecule has 1 N–H and O–H groups in total. The van der Waals surface area contributed by atoms with Gasteiger partial charge in [-0.2, -0.15) is 0 Å². The number of aromatic hydroxyl groups is 1. The van der Waals surface area contributed by atoms with Crippen LogP contribution >= 0.6 is 0 Å². The van der Waals surface area contributed by atoms with Gasteiger partial charge in [-0.15, -0.1) is 16.8 Å². The van der Waals surface area contributed by atoms with E-state index in [2.05, 4.69) is 125 Å². The number of aryl methyl sites for hydroxylation is 2. The van der Waals surface area contributed by atoms with E-state index >= 15 is 0 Å². The molecule has 49 heavy (non-hydrogen) atoms. The zero-order valence-electron chi connectivity index (χ0n) is 26.3. The molecule has 0 aliphatic heterocycles. The van der Waals surface area contributed by atoms with Crippen molar-refractivity contribution >= 4 is 10.8 Å². The molecule has 0 spiro atoms. The summed E-state index contributed by atoms with van der Waals surface area (Å²) in [7, 11) is 0. The molecule has 0 saturated heterocycles. The molecule has 8 aromatic rings. The number of pyridine rings is 2. The predicted molar refractivity (Wildman–Crippen MR) is 192 cm³/mol. The van der Waals surface area contributed by atoms with Crippen LogP contribution in [0.4, 0.5) is 0 Å². The molecule has 0 bridgehead atoms. The van der Waals surface area contributed by atoms with Crippen LogP contribution < -0.4 is 0 Å². The summed E-state index contributed by atoms with van der Waals surface area (Å²) in [5.41, 5.74) is 11.7. The van der Waals surface area contributed by atoms with Crippen molar-refractivity contribution in [3.8, 4) is 67.7 Å². The van der Waals surface area contributed by atoms with Crippen LogP contribution in [-0.2, 0) is 33.9 Å². The minimum atomic E-state index is 0. The van der Waals surface area contributed by atoms with Gasteiger partial charge in [0.1, 0.15) is 17.3 Å². The Hall–Kier alpha value is -5.64. The van der Waals surface area contributed by atoms with Gasteiger partial charge in [-0.1, -0.05) is 127 Å². The van der Waals surface area contributed by atoms with E-state index < -0.39 is 0 Å². The fourth-order valence-electron chi connectivity index (χ4n) is 6.99. The van der Waals surface area contributed by atoms with Gasteiger partial charge in [-0.05, 0) is 53.4 Å². The summed E-state index contributed by atoms with van der Waals surface area (Å²) in [5, 5.41) is 12.9. The third-order valence-corrected chi connectivity index (χ3v) is 9.27. The molecule has 0 saturated carbocycles. The standard InChI is InChI=1S/C43H29N4O.Pt/c48-39-19-8-15-31-20-21-32-22-23-37(45-41(32)40(31)39)38-27-47(43(46-38)35-18-7-14-30-24-25-44-26-36(30)35)42-33(28-10-3-1-4-11-28)16-9-17-34(42)29-12-5-2-6-13-29;/h1-19,22-25,27,48H,20-21H2;/q-1;. The largest absolute Gasteiger partial charge is 0.507 e. The van der Waals surface area contributed by atoms with Crippen molar-refractivity contribution < 1.29 is 26.2 Å². The molecule has 0 radical (unpaired) electrons. The third kappa shape index (κ3) is 5.37. The smallest absolute Gasteiger partial charge is 0.125 e. The number of aromatic nitrogens is 4. The number of phenols is 1. The maximum atomic E-state index is 10.9. The van der Waals surface area contributed by atoms with Crippen molar-refractivity contribution in [1.29, 1.82) is 0 Å². The van der Waals surface area contributed by atoms with Gasteiger partial charge in [0.2, 0.25) is 0 Å². The van der Waals surface area contributed by atoms with Crippen LogP contribution in [-0.4, -0.2) is 24.6 Å². The van der Waals surface area contributed by atoms with Gasteiger partial charge in [0.15, 0.2) is 0 Å². The number of nitrogens with zero attached hydrogens (tertiary/aromatic N) is 4. The number of hydrogen-bond donors (Lipinski definition) is 1. The van der Waals surface area contributed by atoms with Gasteiger partial charge in [-0.25, -0.2) is 9.97 Å². The monoisotopic (exact) mass is 812 g/mol. The van der Waals surface area contributed by atoms with Crippen LogP contribution in [0.5, 0.6) is 5.75 Å². The van der Waals surface area contributed by atoms with Crippen molar-refractivity contribution in [3.63, 3.8) is 0 Å². The summed E-state index contributed by atoms with van der Waals surface area (Å²) in [6.45, 7) is 0. The SMILES string of the molecule is Oc1cccc2c1-c1nc(-c3cn(-c4c(-c5ccccc5)cccc4-c4ccccc4)c(-c4cccc5ccn[c-]c45)n3)ccc1CC2.[Pt]. The summed E-state index contributed by atoms with van der Waals surface area (Å²) < 4.78 is 2.21. The van der Waals surface area contributed by atoms with E-state index in [-0.39, 0.29) is 26.8 Å². The van der Waals surface area contributed by atoms with Crippen molar-refractivity contribution in [3.05, 3.63) is 163 Å². The van der Waals surface area contributed by atoms with Crippen LogP contribution in [0, 0.1) is 6.20 Å². The Kier molecular flexibility index (Phi) is 7.99. The Balaban J connectivity index is 0.00000348. The first kappa shape index (κ1) is 30.7. The molecular weight excluding hydrogens is 784 g/mol. The first-order valence-electron chi connectivity index (χ1n) is 16.1. The molecule has 5 aromatic carbocycles. The molecule has 0 unspecified atom stereocenters. The number of imidazole rings is 1. The van der Waals surface area contributed by atoms with E-state index in [0.717, 1.165) is 96.7 Å². The molecular formula is C43H29N4OPt-. The molecule has 0 fully saturated rings. The topological polar surface area (TPSA) is 63.8 Å². The summed E-state index contributed by atoms with van der Waals surface area (Å²) in [6.07, 6.45) is 8.87. The average molecular weight is 813 g/mol. The molecule has 9 rings (SSSR count). The summed E-state index contributed by atoms with van der Waals surface area (Å²) in [5.74, 6) is 1.02. The van der Waals surface area contributed by atoms with E-state index in [1.54, 1.807) is 12.3 Å². The minimum Gasteiger partial charge on any atom is -0.507 e. The maximum Gasteiger partial charge on any atom is 0.125 e. The number of rotatable bonds is 5. The molecule has 3 aromatic heterocycles. The minimum absolute atomic E-state index is 0. The van der Waals surface area contributed by atoms with E-state index in [1.807, 2.05) is 24.3 Å². The van der Waals surface area contributed by atoms with Gasteiger partial charge in [0.25, 0.3) is 0 Å². The average Bonchev–Trinajstić information content (AvgIpc) is 3.60.